The summed E-state index contributed by atoms with van der Waals surface area (Å²) in [6.45, 7) is 1.81. The van der Waals surface area contributed by atoms with Crippen LogP contribution in [0.2, 0.25) is 0 Å². The fourth-order valence-electron chi connectivity index (χ4n) is 2.57. The summed E-state index contributed by atoms with van der Waals surface area (Å²) in [6.07, 6.45) is -1.07. The monoisotopic (exact) mass is 420 g/mol. The highest BCUT2D eigenvalue weighted by atomic mass is 32.2. The molecule has 0 aromatic heterocycles. The maximum absolute atomic E-state index is 12.3. The van der Waals surface area contributed by atoms with Crippen LogP contribution in [0.4, 0.5) is 0 Å². The van der Waals surface area contributed by atoms with Crippen LogP contribution in [-0.2, 0) is 26.1 Å². The summed E-state index contributed by atoms with van der Waals surface area (Å²) < 4.78 is 41.5. The third-order valence-electron chi connectivity index (χ3n) is 4.21. The average molecular weight is 420 g/mol. The van der Waals surface area contributed by atoms with E-state index in [9.17, 15) is 18.0 Å². The van der Waals surface area contributed by atoms with Crippen LogP contribution in [0.15, 0.2) is 47.4 Å². The maximum atomic E-state index is 12.3. The molecule has 0 bridgehead atoms. The number of rotatable bonds is 7. The first-order valence-corrected chi connectivity index (χ1v) is 10.2. The van der Waals surface area contributed by atoms with Crippen molar-refractivity contribution >= 4 is 21.9 Å². The van der Waals surface area contributed by atoms with Crippen molar-refractivity contribution in [2.45, 2.75) is 24.5 Å². The molecule has 3 rings (SSSR count). The van der Waals surface area contributed by atoms with Gasteiger partial charge in [-0.2, -0.15) is 0 Å². The van der Waals surface area contributed by atoms with Crippen LogP contribution in [0.3, 0.4) is 0 Å². The number of ether oxygens (including phenoxy) is 3. The van der Waals surface area contributed by atoms with E-state index in [0.29, 0.717) is 11.5 Å². The van der Waals surface area contributed by atoms with Crippen LogP contribution >= 0.6 is 0 Å². The fourth-order valence-corrected chi connectivity index (χ4v) is 3.35. The van der Waals surface area contributed by atoms with Gasteiger partial charge < -0.3 is 19.5 Å². The van der Waals surface area contributed by atoms with Gasteiger partial charge in [0.25, 0.3) is 5.91 Å². The lowest BCUT2D eigenvalue weighted by Gasteiger charge is -2.14. The zero-order valence-corrected chi connectivity index (χ0v) is 16.6. The molecule has 0 radical (unpaired) electrons. The molecule has 1 amide bonds. The van der Waals surface area contributed by atoms with Crippen LogP contribution in [0.25, 0.3) is 0 Å². The van der Waals surface area contributed by atoms with Gasteiger partial charge in [-0.3, -0.25) is 4.79 Å². The van der Waals surface area contributed by atoms with Gasteiger partial charge in [-0.25, -0.2) is 17.9 Å². The molecular formula is C19H20N2O7S. The quantitative estimate of drug-likeness (QED) is 0.646. The van der Waals surface area contributed by atoms with E-state index in [1.54, 1.807) is 18.2 Å². The molecule has 10 heteroatoms. The summed E-state index contributed by atoms with van der Waals surface area (Å²) in [5, 5.41) is 2.67. The highest BCUT2D eigenvalue weighted by Crippen LogP contribution is 2.32. The zero-order valence-electron chi connectivity index (χ0n) is 15.8. The lowest BCUT2D eigenvalue weighted by molar-refractivity contribution is -0.129. The molecule has 1 aliphatic heterocycles. The number of carbonyl (C=O) groups excluding carboxylic acids is 2. The molecule has 0 saturated heterocycles. The average Bonchev–Trinajstić information content (AvgIpc) is 3.19. The number of sulfonamides is 1. The fraction of sp³-hybridized carbons (Fsp3) is 0.263. The summed E-state index contributed by atoms with van der Waals surface area (Å²) in [6, 6.07) is 10.7. The number of nitrogens with one attached hydrogen (secondary N) is 2. The van der Waals surface area contributed by atoms with Crippen LogP contribution in [0.1, 0.15) is 22.8 Å². The van der Waals surface area contributed by atoms with Crippen LogP contribution in [-0.4, -0.2) is 40.2 Å². The molecule has 2 aromatic carbocycles. The molecule has 0 aliphatic carbocycles. The first-order valence-electron chi connectivity index (χ1n) is 8.71. The standard InChI is InChI=1S/C19H20N2O7S/c1-12(18(22)21-10-13-6-7-16-17(8-13)27-11-26-16)28-19(23)14-4-3-5-15(9-14)29(24,25)20-2/h3-9,12,20H,10-11H2,1-2H3,(H,21,22). The molecular weight excluding hydrogens is 400 g/mol. The van der Waals surface area contributed by atoms with Crippen molar-refractivity contribution in [2.24, 2.45) is 0 Å². The van der Waals surface area contributed by atoms with Gasteiger partial charge in [-0.15, -0.1) is 0 Å². The number of hydrogen-bond acceptors (Lipinski definition) is 7. The second kappa shape index (κ2) is 8.50. The number of esters is 1. The van der Waals surface area contributed by atoms with E-state index in [0.717, 1.165) is 5.56 Å². The second-order valence-electron chi connectivity index (χ2n) is 6.19. The van der Waals surface area contributed by atoms with Crippen LogP contribution < -0.4 is 19.5 Å². The predicted octanol–water partition coefficient (Wildman–Crippen LogP) is 1.19. The number of fused-ring (bicyclic) bond motifs is 1. The molecule has 154 valence electrons. The molecule has 0 fully saturated rings. The molecule has 1 heterocycles. The van der Waals surface area contributed by atoms with Gasteiger partial charge >= 0.3 is 5.97 Å². The van der Waals surface area contributed by atoms with E-state index in [-0.39, 0.29) is 23.8 Å². The minimum absolute atomic E-state index is 0.0248. The Labute approximate surface area is 168 Å². The number of amides is 1. The Balaban J connectivity index is 1.58. The normalized spacial score (nSPS) is 13.6. The van der Waals surface area contributed by atoms with Gasteiger partial charge in [0.2, 0.25) is 16.8 Å². The first kappa shape index (κ1) is 20.6. The molecule has 29 heavy (non-hydrogen) atoms. The number of carbonyl (C=O) groups is 2. The van der Waals surface area contributed by atoms with Gasteiger partial charge in [-0.1, -0.05) is 12.1 Å². The third-order valence-corrected chi connectivity index (χ3v) is 5.62. The molecule has 2 aromatic rings. The van der Waals surface area contributed by atoms with Crippen LogP contribution in [0.5, 0.6) is 11.5 Å². The Bertz CT molecular complexity index is 1040. The Kier molecular flexibility index (Phi) is 6.04. The summed E-state index contributed by atoms with van der Waals surface area (Å²) >= 11 is 0. The topological polar surface area (TPSA) is 120 Å². The first-order chi connectivity index (χ1) is 13.8. The van der Waals surface area contributed by atoms with Crippen molar-refractivity contribution < 1.29 is 32.2 Å². The van der Waals surface area contributed by atoms with E-state index in [1.165, 1.54) is 38.2 Å². The van der Waals surface area contributed by atoms with Crippen molar-refractivity contribution in [1.82, 2.24) is 10.0 Å². The van der Waals surface area contributed by atoms with Crippen LogP contribution in [0, 0.1) is 0 Å². The summed E-state index contributed by atoms with van der Waals surface area (Å²) in [5.41, 5.74) is 0.822. The lowest BCUT2D eigenvalue weighted by Crippen LogP contribution is -2.35. The minimum atomic E-state index is -3.70. The summed E-state index contributed by atoms with van der Waals surface area (Å²) in [7, 11) is -2.43. The SMILES string of the molecule is CNS(=O)(=O)c1cccc(C(=O)OC(C)C(=O)NCc2ccc3c(c2)OCO3)c1. The van der Waals surface area contributed by atoms with Gasteiger partial charge in [0, 0.05) is 6.54 Å². The highest BCUT2D eigenvalue weighted by Gasteiger charge is 2.21. The van der Waals surface area contributed by atoms with E-state index < -0.39 is 28.0 Å². The lowest BCUT2D eigenvalue weighted by atomic mass is 10.2. The minimum Gasteiger partial charge on any atom is -0.454 e. The van der Waals surface area contributed by atoms with E-state index in [4.69, 9.17) is 14.2 Å². The van der Waals surface area contributed by atoms with Crippen molar-refractivity contribution in [3.05, 3.63) is 53.6 Å². The summed E-state index contributed by atoms with van der Waals surface area (Å²) in [5.74, 6) is -0.0450. The molecule has 2 N–H and O–H groups in total. The predicted molar refractivity (Wildman–Crippen MR) is 102 cm³/mol. The van der Waals surface area contributed by atoms with E-state index in [1.807, 2.05) is 0 Å². The molecule has 0 saturated carbocycles. The van der Waals surface area contributed by atoms with Gasteiger partial charge in [0.05, 0.1) is 10.5 Å². The number of benzene rings is 2. The molecule has 1 unspecified atom stereocenters. The Morgan fingerprint density at radius 3 is 2.66 bits per heavy atom. The van der Waals surface area contributed by atoms with Gasteiger partial charge in [-0.05, 0) is 49.9 Å². The van der Waals surface area contributed by atoms with E-state index in [2.05, 4.69) is 10.0 Å². The maximum Gasteiger partial charge on any atom is 0.338 e. The van der Waals surface area contributed by atoms with Gasteiger partial charge in [0.1, 0.15) is 0 Å². The largest absolute Gasteiger partial charge is 0.454 e. The molecule has 1 aliphatic rings. The van der Waals surface area contributed by atoms with Crippen molar-refractivity contribution in [1.29, 1.82) is 0 Å². The molecule has 9 nitrogen and oxygen atoms in total. The highest BCUT2D eigenvalue weighted by molar-refractivity contribution is 7.89. The Hall–Kier alpha value is -3.11. The Morgan fingerprint density at radius 2 is 1.90 bits per heavy atom. The third kappa shape index (κ3) is 4.84. The molecule has 0 spiro atoms. The number of hydrogen-bond donors (Lipinski definition) is 2. The van der Waals surface area contributed by atoms with Crippen molar-refractivity contribution in [2.75, 3.05) is 13.8 Å². The van der Waals surface area contributed by atoms with Crippen molar-refractivity contribution in [3.63, 3.8) is 0 Å². The smallest absolute Gasteiger partial charge is 0.338 e. The zero-order chi connectivity index (χ0) is 21.0. The second-order valence-corrected chi connectivity index (χ2v) is 8.07. The summed E-state index contributed by atoms with van der Waals surface area (Å²) in [4.78, 5) is 24.4. The van der Waals surface area contributed by atoms with Gasteiger partial charge in [0.15, 0.2) is 17.6 Å². The Morgan fingerprint density at radius 1 is 1.14 bits per heavy atom. The van der Waals surface area contributed by atoms with Crippen molar-refractivity contribution in [3.8, 4) is 11.5 Å². The van der Waals surface area contributed by atoms with E-state index >= 15 is 0 Å². The molecule has 1 atom stereocenters.